The van der Waals surface area contributed by atoms with Crippen LogP contribution in [0.5, 0.6) is 0 Å². The quantitative estimate of drug-likeness (QED) is 0.398. The maximum atomic E-state index is 11.1. The molecule has 0 aromatic carbocycles. The summed E-state index contributed by atoms with van der Waals surface area (Å²) in [6.07, 6.45) is -3.17. The summed E-state index contributed by atoms with van der Waals surface area (Å²) in [5.74, 6) is -5.25. The lowest BCUT2D eigenvalue weighted by Crippen LogP contribution is -2.41. The van der Waals surface area contributed by atoms with E-state index in [9.17, 15) is 18.9 Å². The number of hydrogen-bond acceptors (Lipinski definition) is 4. The molecule has 0 amide bonds. The van der Waals surface area contributed by atoms with E-state index in [-0.39, 0.29) is 12.4 Å². The number of carboxylic acid groups (broad SMARTS) is 3. The van der Waals surface area contributed by atoms with E-state index in [1.165, 1.54) is 0 Å². The van der Waals surface area contributed by atoms with Crippen molar-refractivity contribution in [2.45, 2.75) is 24.4 Å². The van der Waals surface area contributed by atoms with Crippen molar-refractivity contribution >= 4 is 37.9 Å². The fourth-order valence-corrected chi connectivity index (χ4v) is 2.20. The lowest BCUT2D eigenvalue weighted by molar-refractivity contribution is -0.148. The second-order valence-corrected chi connectivity index (χ2v) is 5.29. The summed E-state index contributed by atoms with van der Waals surface area (Å²) in [5.41, 5.74) is 0. The van der Waals surface area contributed by atoms with Crippen LogP contribution in [0.15, 0.2) is 0 Å². The number of aliphatic carboxylic acids is 3. The summed E-state index contributed by atoms with van der Waals surface area (Å²) in [5, 5.41) is 22.7. The van der Waals surface area contributed by atoms with Gasteiger partial charge in [0.25, 0.3) is 0 Å². The van der Waals surface area contributed by atoms with Crippen molar-refractivity contribution in [2.75, 3.05) is 0 Å². The first kappa shape index (κ1) is 19.2. The maximum absolute atomic E-state index is 11.1. The number of halogens is 1. The predicted octanol–water partition coefficient (Wildman–Crippen LogP) is -0.251. The average Bonchev–Trinajstić information content (AvgIpc) is 2.08. The van der Waals surface area contributed by atoms with Gasteiger partial charge in [-0.1, -0.05) is 0 Å². The Kier molecular flexibility index (Phi) is 7.14. The van der Waals surface area contributed by atoms with E-state index in [1.54, 1.807) is 0 Å². The summed E-state index contributed by atoms with van der Waals surface area (Å²) in [7, 11) is -5.32. The van der Waals surface area contributed by atoms with Gasteiger partial charge in [-0.2, -0.15) is 0 Å². The molecule has 0 spiro atoms. The fraction of sp³-hybridized carbons (Fsp3) is 0.571. The summed E-state index contributed by atoms with van der Waals surface area (Å²) in [4.78, 5) is 49.5. The van der Waals surface area contributed by atoms with E-state index in [0.717, 1.165) is 0 Å². The summed E-state index contributed by atoms with van der Waals surface area (Å²) >= 11 is 0. The highest BCUT2D eigenvalue weighted by Gasteiger charge is 2.55. The van der Waals surface area contributed by atoms with E-state index >= 15 is 0 Å². The van der Waals surface area contributed by atoms with Gasteiger partial charge in [0.1, 0.15) is 0 Å². The Morgan fingerprint density at radius 1 is 1.00 bits per heavy atom. The second-order valence-electron chi connectivity index (χ2n) is 3.35. The summed E-state index contributed by atoms with van der Waals surface area (Å²) in [6.45, 7) is 0. The Bertz CT molecular complexity index is 388. The highest BCUT2D eigenvalue weighted by atomic mass is 35.5. The van der Waals surface area contributed by atoms with Crippen LogP contribution in [0.2, 0.25) is 0 Å². The molecular formula is C7H12ClO9P. The van der Waals surface area contributed by atoms with Gasteiger partial charge in [0, 0.05) is 6.42 Å². The predicted molar refractivity (Wildman–Crippen MR) is 58.8 cm³/mol. The molecule has 1 unspecified atom stereocenters. The molecule has 106 valence electrons. The molecule has 0 rings (SSSR count). The largest absolute Gasteiger partial charge is 0.481 e. The van der Waals surface area contributed by atoms with E-state index < -0.39 is 49.9 Å². The smallest absolute Gasteiger partial charge is 0.343 e. The third kappa shape index (κ3) is 4.61. The summed E-state index contributed by atoms with van der Waals surface area (Å²) < 4.78 is 11.1. The van der Waals surface area contributed by atoms with Gasteiger partial charge in [-0.15, -0.1) is 12.4 Å². The van der Waals surface area contributed by atoms with E-state index in [4.69, 9.17) is 25.1 Å². The van der Waals surface area contributed by atoms with Gasteiger partial charge in [-0.3, -0.25) is 18.9 Å². The Hall–Kier alpha value is -1.15. The first-order valence-electron chi connectivity index (χ1n) is 4.25. The second kappa shape index (κ2) is 6.69. The Balaban J connectivity index is 0. The van der Waals surface area contributed by atoms with Crippen LogP contribution in [0.1, 0.15) is 19.3 Å². The molecule has 1 atom stereocenters. The van der Waals surface area contributed by atoms with E-state index in [2.05, 4.69) is 0 Å². The average molecular weight is 307 g/mol. The first-order valence-corrected chi connectivity index (χ1v) is 5.87. The maximum Gasteiger partial charge on any atom is 0.343 e. The minimum Gasteiger partial charge on any atom is -0.481 e. The minimum atomic E-state index is -5.32. The summed E-state index contributed by atoms with van der Waals surface area (Å²) in [6, 6.07) is 0. The Labute approximate surface area is 107 Å². The van der Waals surface area contributed by atoms with Gasteiger partial charge in [-0.25, -0.2) is 0 Å². The van der Waals surface area contributed by atoms with Crippen molar-refractivity contribution in [1.29, 1.82) is 0 Å². The number of carboxylic acids is 3. The zero-order valence-electron chi connectivity index (χ0n) is 8.85. The lowest BCUT2D eigenvalue weighted by Gasteiger charge is -2.27. The minimum absolute atomic E-state index is 0. The van der Waals surface area contributed by atoms with Crippen LogP contribution in [-0.4, -0.2) is 48.2 Å². The molecule has 0 aliphatic heterocycles. The van der Waals surface area contributed by atoms with Gasteiger partial charge in [0.2, 0.25) is 0 Å². The topological polar surface area (TPSA) is 169 Å². The monoisotopic (exact) mass is 306 g/mol. The van der Waals surface area contributed by atoms with Gasteiger partial charge >= 0.3 is 25.5 Å². The Morgan fingerprint density at radius 2 is 1.44 bits per heavy atom. The van der Waals surface area contributed by atoms with Crippen LogP contribution >= 0.6 is 20.0 Å². The third-order valence-corrected chi connectivity index (χ3v) is 3.84. The fourth-order valence-electron chi connectivity index (χ4n) is 1.21. The van der Waals surface area contributed by atoms with Gasteiger partial charge < -0.3 is 25.1 Å². The standard InChI is InChI=1S/C7H11O9P.ClH/c8-4(9)1-2-7(6(12)13,3-5(10)11)17(14,15)16;/h1-3H2,(H,8,9)(H,10,11)(H,12,13)(H2,14,15,16);1H. The van der Waals surface area contributed by atoms with Crippen molar-refractivity contribution in [3.8, 4) is 0 Å². The van der Waals surface area contributed by atoms with Crippen LogP contribution in [-0.2, 0) is 18.9 Å². The molecule has 0 aromatic heterocycles. The van der Waals surface area contributed by atoms with E-state index in [1.807, 2.05) is 0 Å². The molecule has 5 N–H and O–H groups in total. The van der Waals surface area contributed by atoms with Crippen LogP contribution in [0.3, 0.4) is 0 Å². The number of rotatable bonds is 7. The molecule has 0 fully saturated rings. The molecule has 0 radical (unpaired) electrons. The molecule has 0 bridgehead atoms. The zero-order chi connectivity index (χ0) is 13.9. The lowest BCUT2D eigenvalue weighted by atomic mass is 9.98. The van der Waals surface area contributed by atoms with Crippen molar-refractivity contribution in [2.24, 2.45) is 0 Å². The molecule has 0 saturated carbocycles. The number of carbonyl (C=O) groups is 3. The van der Waals surface area contributed by atoms with Gasteiger partial charge in [-0.05, 0) is 6.42 Å². The molecule has 11 heteroatoms. The molecule has 0 heterocycles. The van der Waals surface area contributed by atoms with Crippen molar-refractivity contribution in [1.82, 2.24) is 0 Å². The highest BCUT2D eigenvalue weighted by molar-refractivity contribution is 7.54. The molecule has 0 aromatic rings. The SMILES string of the molecule is Cl.O=C(O)CCC(CC(=O)O)(C(=O)O)P(=O)(O)O. The van der Waals surface area contributed by atoms with Crippen LogP contribution in [0, 0.1) is 0 Å². The van der Waals surface area contributed by atoms with Gasteiger partial charge in [0.15, 0.2) is 5.16 Å². The highest BCUT2D eigenvalue weighted by Crippen LogP contribution is 2.55. The van der Waals surface area contributed by atoms with Crippen molar-refractivity contribution in [3.05, 3.63) is 0 Å². The van der Waals surface area contributed by atoms with Crippen molar-refractivity contribution < 1.29 is 44.1 Å². The number of hydrogen-bond donors (Lipinski definition) is 5. The van der Waals surface area contributed by atoms with Crippen molar-refractivity contribution in [3.63, 3.8) is 0 Å². The molecule has 9 nitrogen and oxygen atoms in total. The normalized spacial score (nSPS) is 14.1. The molecule has 0 aliphatic rings. The molecule has 18 heavy (non-hydrogen) atoms. The van der Waals surface area contributed by atoms with Crippen LogP contribution < -0.4 is 0 Å². The Morgan fingerprint density at radius 3 is 1.67 bits per heavy atom. The third-order valence-electron chi connectivity index (χ3n) is 2.15. The molecule has 0 aliphatic carbocycles. The van der Waals surface area contributed by atoms with Crippen LogP contribution in [0.4, 0.5) is 0 Å². The first-order chi connectivity index (χ1) is 7.53. The molecule has 0 saturated heterocycles. The molecular weight excluding hydrogens is 294 g/mol. The zero-order valence-corrected chi connectivity index (χ0v) is 10.6. The van der Waals surface area contributed by atoms with Crippen LogP contribution in [0.25, 0.3) is 0 Å². The van der Waals surface area contributed by atoms with Gasteiger partial charge in [0.05, 0.1) is 6.42 Å². The van der Waals surface area contributed by atoms with E-state index in [0.29, 0.717) is 0 Å².